The number of hydrogen-bond acceptors (Lipinski definition) is 3. The SMILES string of the molecule is CCCCCCCCCC(O)CCCCCCC(CC)S(=O)(=O)O. The fourth-order valence-electron chi connectivity index (χ4n) is 3.15. The third-order valence-corrected chi connectivity index (χ3v) is 6.24. The summed E-state index contributed by atoms with van der Waals surface area (Å²) in [4.78, 5) is 0. The van der Waals surface area contributed by atoms with Gasteiger partial charge in [0.2, 0.25) is 0 Å². The first-order valence-electron chi connectivity index (χ1n) is 10.1. The second-order valence-electron chi connectivity index (χ2n) is 7.10. The molecule has 2 unspecified atom stereocenters. The minimum Gasteiger partial charge on any atom is -0.393 e. The fourth-order valence-corrected chi connectivity index (χ4v) is 4.04. The molecule has 0 bridgehead atoms. The van der Waals surface area contributed by atoms with Crippen LogP contribution in [0.1, 0.15) is 110 Å². The highest BCUT2D eigenvalue weighted by Gasteiger charge is 2.19. The number of rotatable bonds is 17. The lowest BCUT2D eigenvalue weighted by molar-refractivity contribution is 0.147. The Kier molecular flexibility index (Phi) is 15.1. The molecule has 0 saturated heterocycles. The van der Waals surface area contributed by atoms with Crippen molar-refractivity contribution in [2.75, 3.05) is 0 Å². The zero-order valence-corrected chi connectivity index (χ0v) is 16.7. The first-order valence-corrected chi connectivity index (χ1v) is 11.6. The second kappa shape index (κ2) is 15.2. The van der Waals surface area contributed by atoms with Gasteiger partial charge >= 0.3 is 0 Å². The van der Waals surface area contributed by atoms with E-state index in [2.05, 4.69) is 6.92 Å². The Bertz CT molecular complexity index is 368. The van der Waals surface area contributed by atoms with Crippen molar-refractivity contribution in [3.05, 3.63) is 0 Å². The molecule has 0 fully saturated rings. The minimum atomic E-state index is -3.88. The van der Waals surface area contributed by atoms with Crippen LogP contribution in [0.15, 0.2) is 0 Å². The van der Waals surface area contributed by atoms with Gasteiger partial charge in [0.25, 0.3) is 10.1 Å². The van der Waals surface area contributed by atoms with Gasteiger partial charge in [0.05, 0.1) is 11.4 Å². The molecule has 0 heterocycles. The molecular weight excluding hydrogens is 324 g/mol. The van der Waals surface area contributed by atoms with Crippen molar-refractivity contribution >= 4 is 10.1 Å². The van der Waals surface area contributed by atoms with Crippen LogP contribution in [0.5, 0.6) is 0 Å². The van der Waals surface area contributed by atoms with E-state index in [9.17, 15) is 13.5 Å². The Labute approximate surface area is 150 Å². The maximum atomic E-state index is 11.1. The highest BCUT2D eigenvalue weighted by molar-refractivity contribution is 7.86. The van der Waals surface area contributed by atoms with Gasteiger partial charge in [-0.3, -0.25) is 4.55 Å². The van der Waals surface area contributed by atoms with E-state index < -0.39 is 15.4 Å². The van der Waals surface area contributed by atoms with Crippen molar-refractivity contribution in [1.29, 1.82) is 0 Å². The van der Waals surface area contributed by atoms with Gasteiger partial charge in [-0.2, -0.15) is 8.42 Å². The topological polar surface area (TPSA) is 74.6 Å². The summed E-state index contributed by atoms with van der Waals surface area (Å²) >= 11 is 0. The van der Waals surface area contributed by atoms with Gasteiger partial charge in [-0.05, 0) is 25.7 Å². The van der Waals surface area contributed by atoms with Gasteiger partial charge in [0, 0.05) is 0 Å². The molecule has 4 nitrogen and oxygen atoms in total. The van der Waals surface area contributed by atoms with Crippen LogP contribution >= 0.6 is 0 Å². The molecule has 0 saturated carbocycles. The van der Waals surface area contributed by atoms with Gasteiger partial charge < -0.3 is 5.11 Å². The molecule has 0 aromatic rings. The zero-order valence-electron chi connectivity index (χ0n) is 15.9. The maximum absolute atomic E-state index is 11.1. The molecule has 24 heavy (non-hydrogen) atoms. The molecule has 0 aliphatic carbocycles. The molecule has 0 radical (unpaired) electrons. The van der Waals surface area contributed by atoms with E-state index in [-0.39, 0.29) is 6.10 Å². The summed E-state index contributed by atoms with van der Waals surface area (Å²) in [5.74, 6) is 0. The largest absolute Gasteiger partial charge is 0.393 e. The Morgan fingerprint density at radius 2 is 1.12 bits per heavy atom. The van der Waals surface area contributed by atoms with Crippen LogP contribution < -0.4 is 0 Å². The molecule has 0 aliphatic rings. The first-order chi connectivity index (χ1) is 11.4. The number of unbranched alkanes of at least 4 members (excludes halogenated alkanes) is 9. The smallest absolute Gasteiger partial charge is 0.267 e. The summed E-state index contributed by atoms with van der Waals surface area (Å²) in [5.41, 5.74) is 0. The van der Waals surface area contributed by atoms with Crippen LogP contribution in [0.2, 0.25) is 0 Å². The Morgan fingerprint density at radius 3 is 1.54 bits per heavy atom. The van der Waals surface area contributed by atoms with Crippen molar-refractivity contribution in [1.82, 2.24) is 0 Å². The lowest BCUT2D eigenvalue weighted by Crippen LogP contribution is -2.19. The third kappa shape index (κ3) is 14.2. The second-order valence-corrected chi connectivity index (χ2v) is 8.80. The summed E-state index contributed by atoms with van der Waals surface area (Å²) in [6, 6.07) is 0. The van der Waals surface area contributed by atoms with Crippen molar-refractivity contribution in [2.45, 2.75) is 122 Å². The van der Waals surface area contributed by atoms with Crippen molar-refractivity contribution < 1.29 is 18.1 Å². The summed E-state index contributed by atoms with van der Waals surface area (Å²) in [7, 11) is -3.88. The molecule has 2 N–H and O–H groups in total. The summed E-state index contributed by atoms with van der Waals surface area (Å²) in [6.45, 7) is 4.02. The van der Waals surface area contributed by atoms with Gasteiger partial charge in [-0.15, -0.1) is 0 Å². The van der Waals surface area contributed by atoms with Crippen LogP contribution in [0.3, 0.4) is 0 Å². The zero-order chi connectivity index (χ0) is 18.3. The summed E-state index contributed by atoms with van der Waals surface area (Å²) < 4.78 is 31.2. The van der Waals surface area contributed by atoms with E-state index in [1.807, 2.05) is 0 Å². The molecule has 0 spiro atoms. The minimum absolute atomic E-state index is 0.179. The molecule has 0 aliphatic heterocycles. The molecule has 0 amide bonds. The number of aliphatic hydroxyl groups excluding tert-OH is 1. The van der Waals surface area contributed by atoms with E-state index in [0.717, 1.165) is 44.9 Å². The monoisotopic (exact) mass is 364 g/mol. The standard InChI is InChI=1S/C19H40O4S/c1-3-5-6-7-8-9-12-15-18(20)16-13-10-11-14-17-19(4-2)24(21,22)23/h18-20H,3-17H2,1-2H3,(H,21,22,23). The van der Waals surface area contributed by atoms with Crippen LogP contribution in [0.25, 0.3) is 0 Å². The number of aliphatic hydroxyl groups is 1. The highest BCUT2D eigenvalue weighted by atomic mass is 32.2. The van der Waals surface area contributed by atoms with E-state index in [4.69, 9.17) is 4.55 Å². The fraction of sp³-hybridized carbons (Fsp3) is 1.00. The molecule has 0 aromatic heterocycles. The van der Waals surface area contributed by atoms with E-state index >= 15 is 0 Å². The van der Waals surface area contributed by atoms with Gasteiger partial charge in [0.1, 0.15) is 0 Å². The summed E-state index contributed by atoms with van der Waals surface area (Å²) in [6.07, 6.45) is 15.3. The highest BCUT2D eigenvalue weighted by Crippen LogP contribution is 2.16. The van der Waals surface area contributed by atoms with Gasteiger partial charge in [0.15, 0.2) is 0 Å². The Hall–Kier alpha value is -0.130. The molecule has 5 heteroatoms. The van der Waals surface area contributed by atoms with Crippen LogP contribution in [-0.2, 0) is 10.1 Å². The maximum Gasteiger partial charge on any atom is 0.267 e. The van der Waals surface area contributed by atoms with E-state index in [1.165, 1.54) is 38.5 Å². The quantitative estimate of drug-likeness (QED) is 0.264. The molecule has 2 atom stereocenters. The lowest BCUT2D eigenvalue weighted by Gasteiger charge is -2.12. The Morgan fingerprint density at radius 1 is 0.708 bits per heavy atom. The van der Waals surface area contributed by atoms with E-state index in [0.29, 0.717) is 12.8 Å². The van der Waals surface area contributed by atoms with Crippen molar-refractivity contribution in [3.63, 3.8) is 0 Å². The predicted octanol–water partition coefficient (Wildman–Crippen LogP) is 5.50. The predicted molar refractivity (Wildman–Crippen MR) is 102 cm³/mol. The summed E-state index contributed by atoms with van der Waals surface area (Å²) in [5, 5.41) is 9.36. The average Bonchev–Trinajstić information content (AvgIpc) is 2.52. The first kappa shape index (κ1) is 23.9. The molecule has 0 aromatic carbocycles. The van der Waals surface area contributed by atoms with Crippen molar-refractivity contribution in [3.8, 4) is 0 Å². The van der Waals surface area contributed by atoms with Gasteiger partial charge in [-0.1, -0.05) is 84.5 Å². The van der Waals surface area contributed by atoms with E-state index in [1.54, 1.807) is 6.92 Å². The molecule has 0 rings (SSSR count). The molecular formula is C19H40O4S. The normalized spacial score (nSPS) is 14.7. The molecule has 146 valence electrons. The third-order valence-electron chi connectivity index (χ3n) is 4.83. The van der Waals surface area contributed by atoms with Crippen LogP contribution in [0, 0.1) is 0 Å². The average molecular weight is 365 g/mol. The lowest BCUT2D eigenvalue weighted by atomic mass is 10.0. The van der Waals surface area contributed by atoms with Crippen LogP contribution in [0.4, 0.5) is 0 Å². The van der Waals surface area contributed by atoms with Gasteiger partial charge in [-0.25, -0.2) is 0 Å². The number of hydrogen-bond donors (Lipinski definition) is 2. The van der Waals surface area contributed by atoms with Crippen molar-refractivity contribution in [2.24, 2.45) is 0 Å². The Balaban J connectivity index is 3.44. The van der Waals surface area contributed by atoms with Crippen LogP contribution in [-0.4, -0.2) is 29.4 Å².